The molecule has 14 heavy (non-hydrogen) atoms. The normalized spacial score (nSPS) is 15.1. The summed E-state index contributed by atoms with van der Waals surface area (Å²) in [4.78, 5) is 0. The number of benzene rings is 1. The average molecular weight is 216 g/mol. The van der Waals surface area contributed by atoms with Gasteiger partial charge in [-0.2, -0.15) is 0 Å². The van der Waals surface area contributed by atoms with Crippen LogP contribution in [0, 0.1) is 0 Å². The molecule has 1 aromatic carbocycles. The van der Waals surface area contributed by atoms with E-state index in [9.17, 15) is 10.2 Å². The Morgan fingerprint density at radius 3 is 2.57 bits per heavy atom. The molecule has 0 aliphatic rings. The average Bonchev–Trinajstić information content (AvgIpc) is 2.18. The summed E-state index contributed by atoms with van der Waals surface area (Å²) in [6, 6.07) is 6.94. The van der Waals surface area contributed by atoms with Crippen molar-refractivity contribution in [1.29, 1.82) is 0 Å². The van der Waals surface area contributed by atoms with Crippen LogP contribution in [0.5, 0.6) is 0 Å². The van der Waals surface area contributed by atoms with Crippen LogP contribution in [0.15, 0.2) is 24.3 Å². The molecule has 4 heteroatoms. The summed E-state index contributed by atoms with van der Waals surface area (Å²) < 4.78 is 0. The maximum Gasteiger partial charge on any atom is 0.108 e. The summed E-state index contributed by atoms with van der Waals surface area (Å²) in [6.07, 6.45) is -1.80. The molecule has 3 nitrogen and oxygen atoms in total. The predicted octanol–water partition coefficient (Wildman–Crippen LogP) is 0.954. The number of likely N-dealkylation sites (N-methyl/N-ethyl adjacent to an activating group) is 1. The van der Waals surface area contributed by atoms with Crippen LogP contribution in [0.4, 0.5) is 0 Å². The Balaban J connectivity index is 2.78. The molecule has 0 aliphatic carbocycles. The fourth-order valence-corrected chi connectivity index (χ4v) is 1.49. The lowest BCUT2D eigenvalue weighted by Crippen LogP contribution is -2.29. The minimum Gasteiger partial charge on any atom is -0.389 e. The van der Waals surface area contributed by atoms with E-state index in [-0.39, 0.29) is 0 Å². The Hall–Kier alpha value is -0.610. The van der Waals surface area contributed by atoms with E-state index in [1.807, 2.05) is 0 Å². The smallest absolute Gasteiger partial charge is 0.108 e. The Labute approximate surface area is 88.3 Å². The van der Waals surface area contributed by atoms with Gasteiger partial charge in [0.15, 0.2) is 0 Å². The third kappa shape index (κ3) is 2.69. The van der Waals surface area contributed by atoms with Crippen molar-refractivity contribution in [3.8, 4) is 0 Å². The van der Waals surface area contributed by atoms with Crippen molar-refractivity contribution in [2.24, 2.45) is 0 Å². The summed E-state index contributed by atoms with van der Waals surface area (Å²) in [5.74, 6) is 0. The van der Waals surface area contributed by atoms with Crippen LogP contribution in [0.3, 0.4) is 0 Å². The lowest BCUT2D eigenvalue weighted by Gasteiger charge is -2.18. The number of aliphatic hydroxyl groups excluding tert-OH is 2. The minimum atomic E-state index is -0.948. The van der Waals surface area contributed by atoms with Gasteiger partial charge in [-0.3, -0.25) is 0 Å². The second kappa shape index (κ2) is 5.32. The van der Waals surface area contributed by atoms with Gasteiger partial charge in [0.25, 0.3) is 0 Å². The molecule has 0 saturated carbocycles. The van der Waals surface area contributed by atoms with Gasteiger partial charge in [0.2, 0.25) is 0 Å². The summed E-state index contributed by atoms with van der Waals surface area (Å²) in [5.41, 5.74) is 0.553. The first-order chi connectivity index (χ1) is 6.66. The van der Waals surface area contributed by atoms with Crippen molar-refractivity contribution in [2.75, 3.05) is 13.6 Å². The summed E-state index contributed by atoms with van der Waals surface area (Å²) in [5, 5.41) is 22.5. The predicted molar refractivity (Wildman–Crippen MR) is 56.3 cm³/mol. The van der Waals surface area contributed by atoms with E-state index in [0.29, 0.717) is 17.1 Å². The van der Waals surface area contributed by atoms with Gasteiger partial charge >= 0.3 is 0 Å². The summed E-state index contributed by atoms with van der Waals surface area (Å²) in [7, 11) is 1.71. The van der Waals surface area contributed by atoms with Gasteiger partial charge in [0.1, 0.15) is 6.10 Å². The van der Waals surface area contributed by atoms with Crippen LogP contribution in [0.1, 0.15) is 11.7 Å². The molecule has 0 fully saturated rings. The molecular weight excluding hydrogens is 202 g/mol. The molecular formula is C10H14ClNO2. The molecule has 0 amide bonds. The van der Waals surface area contributed by atoms with E-state index in [1.54, 1.807) is 31.3 Å². The number of aliphatic hydroxyl groups is 2. The third-order valence-electron chi connectivity index (χ3n) is 2.00. The maximum absolute atomic E-state index is 9.73. The molecule has 2 atom stereocenters. The quantitative estimate of drug-likeness (QED) is 0.701. The molecule has 0 aliphatic heterocycles. The van der Waals surface area contributed by atoms with Crippen LogP contribution in [-0.4, -0.2) is 29.9 Å². The molecule has 0 spiro atoms. The maximum atomic E-state index is 9.73. The minimum absolute atomic E-state index is 0.326. The summed E-state index contributed by atoms with van der Waals surface area (Å²) in [6.45, 7) is 0.326. The van der Waals surface area contributed by atoms with Crippen LogP contribution in [0.25, 0.3) is 0 Å². The van der Waals surface area contributed by atoms with Crippen molar-refractivity contribution >= 4 is 11.6 Å². The molecule has 78 valence electrons. The Kier molecular flexibility index (Phi) is 4.35. The third-order valence-corrected chi connectivity index (χ3v) is 2.35. The Bertz CT molecular complexity index is 293. The van der Waals surface area contributed by atoms with Crippen LogP contribution < -0.4 is 5.32 Å². The van der Waals surface area contributed by atoms with Crippen LogP contribution in [-0.2, 0) is 0 Å². The highest BCUT2D eigenvalue weighted by atomic mass is 35.5. The fourth-order valence-electron chi connectivity index (χ4n) is 1.24. The van der Waals surface area contributed by atoms with Gasteiger partial charge in [-0.15, -0.1) is 0 Å². The van der Waals surface area contributed by atoms with E-state index in [1.165, 1.54) is 0 Å². The molecule has 0 saturated heterocycles. The Morgan fingerprint density at radius 2 is 2.00 bits per heavy atom. The SMILES string of the molecule is CNCC(O)C(O)c1ccccc1Cl. The topological polar surface area (TPSA) is 52.5 Å². The van der Waals surface area contributed by atoms with Crippen molar-refractivity contribution in [2.45, 2.75) is 12.2 Å². The largest absolute Gasteiger partial charge is 0.389 e. The molecule has 1 rings (SSSR count). The highest BCUT2D eigenvalue weighted by Gasteiger charge is 2.19. The van der Waals surface area contributed by atoms with Crippen LogP contribution >= 0.6 is 11.6 Å². The van der Waals surface area contributed by atoms with Gasteiger partial charge < -0.3 is 15.5 Å². The van der Waals surface area contributed by atoms with E-state index < -0.39 is 12.2 Å². The highest BCUT2D eigenvalue weighted by Crippen LogP contribution is 2.24. The number of hydrogen-bond acceptors (Lipinski definition) is 3. The fraction of sp³-hybridized carbons (Fsp3) is 0.400. The molecule has 3 N–H and O–H groups in total. The van der Waals surface area contributed by atoms with Crippen LogP contribution in [0.2, 0.25) is 5.02 Å². The first kappa shape index (κ1) is 11.5. The number of rotatable bonds is 4. The van der Waals surface area contributed by atoms with Crippen molar-refractivity contribution in [3.05, 3.63) is 34.9 Å². The summed E-state index contributed by atoms with van der Waals surface area (Å²) >= 11 is 5.87. The number of nitrogens with one attached hydrogen (secondary N) is 1. The van der Waals surface area contributed by atoms with E-state index in [0.717, 1.165) is 0 Å². The standard InChI is InChI=1S/C10H14ClNO2/c1-12-6-9(13)10(14)7-4-2-3-5-8(7)11/h2-5,9-10,12-14H,6H2,1H3. The molecule has 0 bridgehead atoms. The highest BCUT2D eigenvalue weighted by molar-refractivity contribution is 6.31. The van der Waals surface area contributed by atoms with Gasteiger partial charge in [-0.05, 0) is 13.1 Å². The lowest BCUT2D eigenvalue weighted by atomic mass is 10.0. The first-order valence-corrected chi connectivity index (χ1v) is 4.79. The molecule has 1 aromatic rings. The van der Waals surface area contributed by atoms with Crippen molar-refractivity contribution in [1.82, 2.24) is 5.32 Å². The van der Waals surface area contributed by atoms with Crippen molar-refractivity contribution in [3.63, 3.8) is 0 Å². The zero-order valence-corrected chi connectivity index (χ0v) is 8.70. The lowest BCUT2D eigenvalue weighted by molar-refractivity contribution is 0.0203. The number of hydrogen-bond donors (Lipinski definition) is 3. The zero-order chi connectivity index (χ0) is 10.6. The zero-order valence-electron chi connectivity index (χ0n) is 7.94. The monoisotopic (exact) mass is 215 g/mol. The van der Waals surface area contributed by atoms with Gasteiger partial charge in [-0.25, -0.2) is 0 Å². The Morgan fingerprint density at radius 1 is 1.36 bits per heavy atom. The second-order valence-electron chi connectivity index (χ2n) is 3.09. The van der Waals surface area contributed by atoms with Gasteiger partial charge in [-0.1, -0.05) is 29.8 Å². The second-order valence-corrected chi connectivity index (χ2v) is 3.50. The molecule has 2 unspecified atom stereocenters. The van der Waals surface area contributed by atoms with E-state index in [2.05, 4.69) is 5.32 Å². The van der Waals surface area contributed by atoms with E-state index in [4.69, 9.17) is 11.6 Å². The first-order valence-electron chi connectivity index (χ1n) is 4.42. The van der Waals surface area contributed by atoms with Crippen molar-refractivity contribution < 1.29 is 10.2 Å². The number of halogens is 1. The van der Waals surface area contributed by atoms with Gasteiger partial charge in [0.05, 0.1) is 6.10 Å². The molecule has 0 heterocycles. The molecule has 0 aromatic heterocycles. The van der Waals surface area contributed by atoms with E-state index >= 15 is 0 Å². The molecule has 0 radical (unpaired) electrons. The van der Waals surface area contributed by atoms with Gasteiger partial charge in [0, 0.05) is 17.1 Å².